The van der Waals surface area contributed by atoms with Crippen molar-refractivity contribution >= 4 is 28.6 Å². The molecule has 3 heteroatoms. The van der Waals surface area contributed by atoms with Gasteiger partial charge in [0.05, 0.1) is 0 Å². The molecule has 0 atom stereocenters. The van der Waals surface area contributed by atoms with Crippen LogP contribution in [0.3, 0.4) is 0 Å². The molecule has 0 N–H and O–H groups in total. The van der Waals surface area contributed by atoms with E-state index >= 15 is 0 Å². The number of benzene rings is 3. The molecule has 0 aliphatic heterocycles. The Hall–Kier alpha value is -1.55. The molecule has 0 bridgehead atoms. The van der Waals surface area contributed by atoms with E-state index in [-0.39, 0.29) is 29.6 Å². The second-order valence-corrected chi connectivity index (χ2v) is 8.02. The summed E-state index contributed by atoms with van der Waals surface area (Å²) in [7, 11) is 0. The zero-order chi connectivity index (χ0) is 15.3. The monoisotopic (exact) mass is 323 g/mol. The molecule has 0 aliphatic carbocycles. The smallest absolute Gasteiger partial charge is 0.369 e. The SMILES string of the molecule is N#C[C-]=P(c1ccccc1)(c1ccccc1)c1ccccc1.[Na+]. The van der Waals surface area contributed by atoms with Crippen molar-refractivity contribution in [3.8, 4) is 6.07 Å². The predicted molar refractivity (Wildman–Crippen MR) is 95.8 cm³/mol. The van der Waals surface area contributed by atoms with Gasteiger partial charge in [-0.1, -0.05) is 91.0 Å². The predicted octanol–water partition coefficient (Wildman–Crippen LogP) is 0.187. The summed E-state index contributed by atoms with van der Waals surface area (Å²) in [5, 5.41) is 12.9. The van der Waals surface area contributed by atoms with Crippen LogP contribution < -0.4 is 45.5 Å². The summed E-state index contributed by atoms with van der Waals surface area (Å²) in [5.41, 5.74) is 0. The van der Waals surface area contributed by atoms with Crippen LogP contribution in [0.25, 0.3) is 0 Å². The fourth-order valence-corrected chi connectivity index (χ4v) is 5.96. The van der Waals surface area contributed by atoms with E-state index in [0.717, 1.165) is 15.9 Å². The quantitative estimate of drug-likeness (QED) is 0.383. The van der Waals surface area contributed by atoms with E-state index in [1.165, 1.54) is 0 Å². The molecular formula is C20H15NNaP. The van der Waals surface area contributed by atoms with Crippen molar-refractivity contribution in [2.45, 2.75) is 0 Å². The van der Waals surface area contributed by atoms with Gasteiger partial charge in [-0.2, -0.15) is 6.89 Å². The largest absolute Gasteiger partial charge is 1.00 e. The second kappa shape index (κ2) is 8.34. The minimum Gasteiger partial charge on any atom is -0.369 e. The number of hydrogen-bond donors (Lipinski definition) is 0. The van der Waals surface area contributed by atoms with Gasteiger partial charge < -0.3 is 5.80 Å². The molecule has 1 nitrogen and oxygen atoms in total. The number of nitrogens with zero attached hydrogens (tertiary/aromatic N) is 1. The van der Waals surface area contributed by atoms with Crippen LogP contribution in [-0.2, 0) is 0 Å². The zero-order valence-corrected chi connectivity index (χ0v) is 15.9. The van der Waals surface area contributed by atoms with Crippen molar-refractivity contribution in [1.82, 2.24) is 0 Å². The standard InChI is InChI=1S/C20H15NP.Na/c21-16-17-22(18-10-4-1-5-11-18,19-12-6-2-7-13-19)20-14-8-3-9-15-20;/h1-15H;/q-1;+1. The van der Waals surface area contributed by atoms with Gasteiger partial charge >= 0.3 is 29.6 Å². The number of hydrogen-bond acceptors (Lipinski definition) is 1. The van der Waals surface area contributed by atoms with Crippen molar-refractivity contribution in [3.63, 3.8) is 0 Å². The van der Waals surface area contributed by atoms with Crippen LogP contribution in [0.2, 0.25) is 0 Å². The van der Waals surface area contributed by atoms with Crippen molar-refractivity contribution < 1.29 is 29.6 Å². The molecule has 0 fully saturated rings. The maximum atomic E-state index is 9.45. The third kappa shape index (κ3) is 3.52. The molecule has 0 saturated carbocycles. The molecule has 0 aromatic heterocycles. The molecule has 0 radical (unpaired) electrons. The summed E-state index contributed by atoms with van der Waals surface area (Å²) in [5.74, 6) is 3.16. The average molecular weight is 323 g/mol. The summed E-state index contributed by atoms with van der Waals surface area (Å²) in [6.45, 7) is -2.16. The van der Waals surface area contributed by atoms with Gasteiger partial charge in [-0.15, -0.1) is 6.07 Å². The Labute approximate surface area is 159 Å². The van der Waals surface area contributed by atoms with E-state index in [1.54, 1.807) is 0 Å². The summed E-state index contributed by atoms with van der Waals surface area (Å²) in [6, 6.07) is 32.9. The Kier molecular flexibility index (Phi) is 6.46. The van der Waals surface area contributed by atoms with Crippen LogP contribution >= 0.6 is 6.89 Å². The first-order valence-electron chi connectivity index (χ1n) is 7.10. The number of nitriles is 1. The molecule has 0 unspecified atom stereocenters. The van der Waals surface area contributed by atoms with E-state index in [0.29, 0.717) is 0 Å². The molecule has 3 aromatic rings. The Morgan fingerprint density at radius 3 is 1.17 bits per heavy atom. The van der Waals surface area contributed by atoms with Gasteiger partial charge in [0.2, 0.25) is 0 Å². The van der Waals surface area contributed by atoms with E-state index < -0.39 is 6.89 Å². The van der Waals surface area contributed by atoms with E-state index in [9.17, 15) is 5.26 Å². The fourth-order valence-electron chi connectivity index (χ4n) is 2.67. The minimum atomic E-state index is -2.16. The molecule has 0 aliphatic rings. The molecule has 3 aromatic carbocycles. The maximum Gasteiger partial charge on any atom is 1.00 e. The molecular weight excluding hydrogens is 308 g/mol. The first-order chi connectivity index (χ1) is 10.9. The average Bonchev–Trinajstić information content (AvgIpc) is 2.62. The summed E-state index contributed by atoms with van der Waals surface area (Å²) < 4.78 is 0. The van der Waals surface area contributed by atoms with Gasteiger partial charge in [0.1, 0.15) is 0 Å². The zero-order valence-electron chi connectivity index (χ0n) is 13.1. The minimum absolute atomic E-state index is 0. The van der Waals surface area contributed by atoms with Gasteiger partial charge in [-0.05, 0) is 15.9 Å². The van der Waals surface area contributed by atoms with Gasteiger partial charge in [0, 0.05) is 0 Å². The van der Waals surface area contributed by atoms with Crippen molar-refractivity contribution in [1.29, 1.82) is 5.26 Å². The Morgan fingerprint density at radius 1 is 0.609 bits per heavy atom. The Morgan fingerprint density at radius 2 is 0.913 bits per heavy atom. The van der Waals surface area contributed by atoms with Crippen molar-refractivity contribution in [2.24, 2.45) is 0 Å². The Bertz CT molecular complexity index is 734. The third-order valence-electron chi connectivity index (χ3n) is 3.65. The topological polar surface area (TPSA) is 23.8 Å². The van der Waals surface area contributed by atoms with E-state index in [4.69, 9.17) is 0 Å². The summed E-state index contributed by atoms with van der Waals surface area (Å²) in [4.78, 5) is 0. The van der Waals surface area contributed by atoms with Crippen LogP contribution in [-0.4, -0.2) is 5.80 Å². The van der Waals surface area contributed by atoms with Crippen molar-refractivity contribution in [3.05, 3.63) is 91.0 Å². The van der Waals surface area contributed by atoms with Crippen LogP contribution in [0.1, 0.15) is 0 Å². The van der Waals surface area contributed by atoms with Crippen LogP contribution in [0.15, 0.2) is 91.0 Å². The fraction of sp³-hybridized carbons (Fsp3) is 0. The summed E-state index contributed by atoms with van der Waals surface area (Å²) >= 11 is 0. The van der Waals surface area contributed by atoms with Crippen LogP contribution in [0, 0.1) is 11.3 Å². The molecule has 0 saturated heterocycles. The normalized spacial score (nSPS) is 10.2. The first-order valence-corrected chi connectivity index (χ1v) is 8.89. The molecule has 106 valence electrons. The van der Waals surface area contributed by atoms with Crippen molar-refractivity contribution in [2.75, 3.05) is 0 Å². The number of rotatable bonds is 3. The maximum absolute atomic E-state index is 9.45. The second-order valence-electron chi connectivity index (χ2n) is 4.90. The third-order valence-corrected chi connectivity index (χ3v) is 7.30. The van der Waals surface area contributed by atoms with E-state index in [2.05, 4.69) is 48.3 Å². The van der Waals surface area contributed by atoms with Gasteiger partial charge in [0.15, 0.2) is 0 Å². The molecule has 0 spiro atoms. The van der Waals surface area contributed by atoms with Gasteiger partial charge in [-0.25, -0.2) is 5.26 Å². The van der Waals surface area contributed by atoms with Gasteiger partial charge in [0.25, 0.3) is 0 Å². The van der Waals surface area contributed by atoms with Gasteiger partial charge in [-0.3, -0.25) is 0 Å². The summed E-state index contributed by atoms with van der Waals surface area (Å²) in [6.07, 6.45) is 0. The molecule has 0 heterocycles. The van der Waals surface area contributed by atoms with Crippen LogP contribution in [0.4, 0.5) is 0 Å². The molecule has 23 heavy (non-hydrogen) atoms. The van der Waals surface area contributed by atoms with Crippen LogP contribution in [0.5, 0.6) is 0 Å². The molecule has 0 amide bonds. The molecule has 3 rings (SSSR count). The Balaban J connectivity index is 0.00000192. The first kappa shape index (κ1) is 17.8. The van der Waals surface area contributed by atoms with E-state index in [1.807, 2.05) is 54.6 Å².